The predicted molar refractivity (Wildman–Crippen MR) is 90.8 cm³/mol. The minimum atomic E-state index is 0.0684. The van der Waals surface area contributed by atoms with E-state index in [0.717, 1.165) is 36.2 Å². The molecular weight excluding hydrogens is 290 g/mol. The number of aliphatic imine (C=N–C) groups is 1. The number of fused-ring (bicyclic) bond motifs is 3. The number of nitrogens with zero attached hydrogens (tertiary/aromatic N) is 3. The van der Waals surface area contributed by atoms with E-state index in [-0.39, 0.29) is 5.78 Å². The molecule has 0 N–H and O–H groups in total. The molecule has 2 aromatic rings. The highest BCUT2D eigenvalue weighted by Gasteiger charge is 2.35. The van der Waals surface area contributed by atoms with Crippen molar-refractivity contribution >= 4 is 23.1 Å². The zero-order valence-electron chi connectivity index (χ0n) is 12.9. The van der Waals surface area contributed by atoms with E-state index in [1.54, 1.807) is 19.2 Å². The highest BCUT2D eigenvalue weighted by molar-refractivity contribution is 6.19. The Morgan fingerprint density at radius 3 is 2.61 bits per heavy atom. The number of carbonyl (C=O) groups excluding carboxylic acids is 1. The van der Waals surface area contributed by atoms with E-state index >= 15 is 0 Å². The Bertz CT molecular complexity index is 783. The van der Waals surface area contributed by atoms with Crippen LogP contribution in [-0.4, -0.2) is 38.5 Å². The molecular formula is C18H17N3O2. The molecule has 0 saturated heterocycles. The number of para-hydroxylation sites is 2. The number of ketones is 1. The first kappa shape index (κ1) is 13.8. The second kappa shape index (κ2) is 5.43. The molecule has 0 aromatic heterocycles. The Labute approximate surface area is 134 Å². The van der Waals surface area contributed by atoms with Gasteiger partial charge in [0, 0.05) is 12.1 Å². The summed E-state index contributed by atoms with van der Waals surface area (Å²) in [6.07, 6.45) is 0. The number of carbonyl (C=O) groups is 1. The Morgan fingerprint density at radius 2 is 1.87 bits per heavy atom. The lowest BCUT2D eigenvalue weighted by Gasteiger charge is -2.18. The first-order valence-corrected chi connectivity index (χ1v) is 7.64. The van der Waals surface area contributed by atoms with Crippen molar-refractivity contribution in [1.82, 2.24) is 0 Å². The number of methoxy groups -OCH3 is 1. The van der Waals surface area contributed by atoms with Gasteiger partial charge < -0.3 is 14.5 Å². The predicted octanol–water partition coefficient (Wildman–Crippen LogP) is 2.57. The zero-order valence-corrected chi connectivity index (χ0v) is 12.9. The normalized spacial score (nSPS) is 15.3. The van der Waals surface area contributed by atoms with Gasteiger partial charge in [-0.25, -0.2) is 0 Å². The molecule has 0 atom stereocenters. The maximum absolute atomic E-state index is 12.6. The molecule has 0 amide bonds. The summed E-state index contributed by atoms with van der Waals surface area (Å²) in [6.45, 7) is 1.94. The van der Waals surface area contributed by atoms with E-state index in [9.17, 15) is 4.79 Å². The Balaban J connectivity index is 1.61. The average Bonchev–Trinajstić information content (AvgIpc) is 3.18. The number of guanidine groups is 1. The van der Waals surface area contributed by atoms with Gasteiger partial charge in [0.15, 0.2) is 5.78 Å². The first-order chi connectivity index (χ1) is 11.3. The van der Waals surface area contributed by atoms with Crippen molar-refractivity contribution in [1.29, 1.82) is 0 Å². The molecule has 116 valence electrons. The van der Waals surface area contributed by atoms with Crippen molar-refractivity contribution < 1.29 is 9.53 Å². The van der Waals surface area contributed by atoms with E-state index in [4.69, 9.17) is 4.74 Å². The van der Waals surface area contributed by atoms with Crippen LogP contribution in [0.1, 0.15) is 10.4 Å². The van der Waals surface area contributed by atoms with Crippen molar-refractivity contribution in [2.24, 2.45) is 4.99 Å². The molecule has 5 nitrogen and oxygen atoms in total. The highest BCUT2D eigenvalue weighted by Crippen LogP contribution is 2.38. The molecule has 2 aliphatic rings. The fourth-order valence-electron chi connectivity index (χ4n) is 3.09. The lowest BCUT2D eigenvalue weighted by atomic mass is 10.1. The molecule has 5 heteroatoms. The van der Waals surface area contributed by atoms with E-state index < -0.39 is 0 Å². The Morgan fingerprint density at radius 1 is 1.13 bits per heavy atom. The number of rotatable bonds is 4. The van der Waals surface area contributed by atoms with Gasteiger partial charge in [-0.1, -0.05) is 12.1 Å². The van der Waals surface area contributed by atoms with Gasteiger partial charge >= 0.3 is 0 Å². The molecule has 0 aliphatic carbocycles. The number of anilines is 2. The van der Waals surface area contributed by atoms with E-state index in [2.05, 4.69) is 16.0 Å². The third kappa shape index (κ3) is 2.25. The van der Waals surface area contributed by atoms with Crippen LogP contribution in [0.2, 0.25) is 0 Å². The smallest absolute Gasteiger partial charge is 0.206 e. The van der Waals surface area contributed by atoms with Crippen LogP contribution in [-0.2, 0) is 0 Å². The molecule has 0 saturated carbocycles. The van der Waals surface area contributed by atoms with Gasteiger partial charge in [0.1, 0.15) is 5.75 Å². The van der Waals surface area contributed by atoms with Crippen molar-refractivity contribution in [2.75, 3.05) is 36.5 Å². The van der Waals surface area contributed by atoms with E-state index in [1.165, 1.54) is 0 Å². The van der Waals surface area contributed by atoms with Gasteiger partial charge in [-0.15, -0.1) is 0 Å². The van der Waals surface area contributed by atoms with Gasteiger partial charge in [0.05, 0.1) is 31.6 Å². The minimum Gasteiger partial charge on any atom is -0.497 e. The van der Waals surface area contributed by atoms with Gasteiger partial charge in [0.2, 0.25) is 5.96 Å². The fraction of sp³-hybridized carbons (Fsp3) is 0.222. The van der Waals surface area contributed by atoms with Crippen LogP contribution in [0.4, 0.5) is 11.4 Å². The first-order valence-electron chi connectivity index (χ1n) is 7.64. The average molecular weight is 307 g/mol. The fourth-order valence-corrected chi connectivity index (χ4v) is 3.09. The number of Topliss-reactive ketones (excluding diaryl/α,β-unsaturated/α-hetero) is 1. The second-order valence-corrected chi connectivity index (χ2v) is 5.56. The SMILES string of the molecule is COc1ccc(C(=O)CN2C3=NCCN3c3ccccc32)cc1. The molecule has 2 aromatic carbocycles. The third-order valence-corrected chi connectivity index (χ3v) is 4.24. The molecule has 23 heavy (non-hydrogen) atoms. The summed E-state index contributed by atoms with van der Waals surface area (Å²) in [5.74, 6) is 1.70. The van der Waals surface area contributed by atoms with Crippen LogP contribution >= 0.6 is 0 Å². The molecule has 0 spiro atoms. The number of hydrogen-bond acceptors (Lipinski definition) is 5. The second-order valence-electron chi connectivity index (χ2n) is 5.56. The summed E-state index contributed by atoms with van der Waals surface area (Å²) in [4.78, 5) is 21.4. The molecule has 2 aliphatic heterocycles. The summed E-state index contributed by atoms with van der Waals surface area (Å²) >= 11 is 0. The monoisotopic (exact) mass is 307 g/mol. The van der Waals surface area contributed by atoms with Crippen molar-refractivity contribution in [2.45, 2.75) is 0 Å². The molecule has 0 unspecified atom stereocenters. The minimum absolute atomic E-state index is 0.0684. The topological polar surface area (TPSA) is 45.1 Å². The highest BCUT2D eigenvalue weighted by atomic mass is 16.5. The van der Waals surface area contributed by atoms with Gasteiger partial charge in [-0.2, -0.15) is 0 Å². The Hall–Kier alpha value is -2.82. The van der Waals surface area contributed by atoms with Crippen LogP contribution in [0.15, 0.2) is 53.5 Å². The van der Waals surface area contributed by atoms with Gasteiger partial charge in [-0.3, -0.25) is 9.79 Å². The lowest BCUT2D eigenvalue weighted by Crippen LogP contribution is -2.38. The van der Waals surface area contributed by atoms with Gasteiger partial charge in [-0.05, 0) is 36.4 Å². The zero-order chi connectivity index (χ0) is 15.8. The number of benzene rings is 2. The van der Waals surface area contributed by atoms with Gasteiger partial charge in [0.25, 0.3) is 0 Å². The van der Waals surface area contributed by atoms with E-state index in [1.807, 2.05) is 35.2 Å². The third-order valence-electron chi connectivity index (χ3n) is 4.24. The standard InChI is InChI=1S/C18H17N3O2/c1-23-14-8-6-13(7-9-14)17(22)12-21-16-5-3-2-4-15(16)20-11-10-19-18(20)21/h2-9H,10-12H2,1H3. The maximum Gasteiger partial charge on any atom is 0.206 e. The summed E-state index contributed by atoms with van der Waals surface area (Å²) in [5, 5.41) is 0. The number of hydrogen-bond donors (Lipinski definition) is 0. The van der Waals surface area contributed by atoms with E-state index in [0.29, 0.717) is 12.1 Å². The summed E-state index contributed by atoms with van der Waals surface area (Å²) in [6, 6.07) is 15.4. The Kier molecular flexibility index (Phi) is 3.26. The number of ether oxygens (including phenoxy) is 1. The van der Waals surface area contributed by atoms with Crippen LogP contribution in [0, 0.1) is 0 Å². The maximum atomic E-state index is 12.6. The van der Waals surface area contributed by atoms with Crippen molar-refractivity contribution in [3.05, 3.63) is 54.1 Å². The summed E-state index contributed by atoms with van der Waals surface area (Å²) in [5.41, 5.74) is 2.86. The van der Waals surface area contributed by atoms with Crippen molar-refractivity contribution in [3.63, 3.8) is 0 Å². The molecule has 0 fully saturated rings. The summed E-state index contributed by atoms with van der Waals surface area (Å²) in [7, 11) is 1.62. The molecule has 0 bridgehead atoms. The van der Waals surface area contributed by atoms with Crippen LogP contribution in [0.5, 0.6) is 5.75 Å². The van der Waals surface area contributed by atoms with Crippen LogP contribution in [0.3, 0.4) is 0 Å². The lowest BCUT2D eigenvalue weighted by molar-refractivity contribution is 0.100. The van der Waals surface area contributed by atoms with Crippen LogP contribution < -0.4 is 14.5 Å². The molecule has 0 radical (unpaired) electrons. The van der Waals surface area contributed by atoms with Crippen LogP contribution in [0.25, 0.3) is 0 Å². The van der Waals surface area contributed by atoms with Crippen molar-refractivity contribution in [3.8, 4) is 5.75 Å². The quantitative estimate of drug-likeness (QED) is 0.815. The summed E-state index contributed by atoms with van der Waals surface area (Å²) < 4.78 is 5.14. The molecule has 4 rings (SSSR count). The largest absolute Gasteiger partial charge is 0.497 e. The molecule has 2 heterocycles.